The molecule has 0 unspecified atom stereocenters. The number of aromatic nitrogens is 2. The molecule has 1 fully saturated rings. The fraction of sp³-hybridized carbons (Fsp3) is 0.500. The molecule has 3 N–H and O–H groups in total. The zero-order valence-corrected chi connectivity index (χ0v) is 11.5. The van der Waals surface area contributed by atoms with Gasteiger partial charge in [-0.2, -0.15) is 0 Å². The van der Waals surface area contributed by atoms with Crippen molar-refractivity contribution in [2.45, 2.75) is 44.6 Å². The van der Waals surface area contributed by atoms with Crippen LogP contribution >= 0.6 is 11.3 Å². The molecular formula is C14H19N3S. The van der Waals surface area contributed by atoms with Crippen LogP contribution in [0.2, 0.25) is 0 Å². The predicted octanol–water partition coefficient (Wildman–Crippen LogP) is 3.43. The van der Waals surface area contributed by atoms with E-state index in [1.807, 2.05) is 17.5 Å². The van der Waals surface area contributed by atoms with Crippen molar-refractivity contribution in [1.29, 1.82) is 0 Å². The molecule has 3 nitrogen and oxygen atoms in total. The van der Waals surface area contributed by atoms with Gasteiger partial charge in [0.15, 0.2) is 0 Å². The molecular weight excluding hydrogens is 242 g/mol. The van der Waals surface area contributed by atoms with E-state index in [0.29, 0.717) is 0 Å². The number of aromatic amines is 1. The van der Waals surface area contributed by atoms with Crippen molar-refractivity contribution in [3.63, 3.8) is 0 Å². The first-order chi connectivity index (χ1) is 8.71. The van der Waals surface area contributed by atoms with E-state index < -0.39 is 0 Å². The van der Waals surface area contributed by atoms with Gasteiger partial charge in [0.2, 0.25) is 0 Å². The molecule has 3 rings (SSSR count). The highest BCUT2D eigenvalue weighted by atomic mass is 32.1. The van der Waals surface area contributed by atoms with E-state index in [0.717, 1.165) is 30.8 Å². The molecule has 18 heavy (non-hydrogen) atoms. The Balaban J connectivity index is 1.89. The van der Waals surface area contributed by atoms with Gasteiger partial charge in [-0.15, -0.1) is 11.3 Å². The van der Waals surface area contributed by atoms with Crippen LogP contribution in [0.25, 0.3) is 10.6 Å². The molecule has 0 amide bonds. The van der Waals surface area contributed by atoms with Gasteiger partial charge < -0.3 is 10.7 Å². The third-order valence-corrected chi connectivity index (χ3v) is 5.08. The Hall–Kier alpha value is -1.13. The van der Waals surface area contributed by atoms with Gasteiger partial charge in [0.05, 0.1) is 22.3 Å². The standard InChI is InChI=1S/C14H19N3S/c1-2-10-5-6-12(18-10)11-9-16-13(17-11)14(15)7-3-4-8-14/h5-6,9H,2-4,7-8,15H2,1H3,(H,16,17). The highest BCUT2D eigenvalue weighted by molar-refractivity contribution is 7.15. The number of nitrogens with zero attached hydrogens (tertiary/aromatic N) is 1. The number of aryl methyl sites for hydroxylation is 1. The minimum Gasteiger partial charge on any atom is -0.340 e. The van der Waals surface area contributed by atoms with E-state index in [9.17, 15) is 0 Å². The number of hydrogen-bond donors (Lipinski definition) is 2. The highest BCUT2D eigenvalue weighted by Gasteiger charge is 2.34. The van der Waals surface area contributed by atoms with E-state index in [1.165, 1.54) is 22.6 Å². The number of nitrogens with two attached hydrogens (primary N) is 1. The minimum atomic E-state index is -0.219. The second kappa shape index (κ2) is 4.52. The number of nitrogens with one attached hydrogen (secondary N) is 1. The maximum absolute atomic E-state index is 6.41. The van der Waals surface area contributed by atoms with Gasteiger partial charge in [0.25, 0.3) is 0 Å². The van der Waals surface area contributed by atoms with E-state index in [-0.39, 0.29) is 5.54 Å². The van der Waals surface area contributed by atoms with Gasteiger partial charge in [0, 0.05) is 4.88 Å². The van der Waals surface area contributed by atoms with Crippen molar-refractivity contribution in [2.75, 3.05) is 0 Å². The molecule has 1 saturated carbocycles. The Morgan fingerprint density at radius 1 is 1.39 bits per heavy atom. The van der Waals surface area contributed by atoms with Crippen LogP contribution in [0.15, 0.2) is 18.3 Å². The second-order valence-corrected chi connectivity index (χ2v) is 6.30. The average Bonchev–Trinajstić information content (AvgIpc) is 3.08. The third kappa shape index (κ3) is 1.99. The van der Waals surface area contributed by atoms with Gasteiger partial charge in [-0.3, -0.25) is 0 Å². The SMILES string of the molecule is CCc1ccc(-c2cnc(C3(N)CCCC3)[nH]2)s1. The molecule has 2 aromatic rings. The molecule has 1 aliphatic carbocycles. The zero-order chi connectivity index (χ0) is 12.6. The van der Waals surface area contributed by atoms with E-state index in [4.69, 9.17) is 5.73 Å². The average molecular weight is 261 g/mol. The van der Waals surface area contributed by atoms with Crippen LogP contribution in [0, 0.1) is 0 Å². The van der Waals surface area contributed by atoms with Crippen molar-refractivity contribution >= 4 is 11.3 Å². The van der Waals surface area contributed by atoms with Crippen molar-refractivity contribution in [3.8, 4) is 10.6 Å². The molecule has 0 aliphatic heterocycles. The predicted molar refractivity (Wildman–Crippen MR) is 75.6 cm³/mol. The number of hydrogen-bond acceptors (Lipinski definition) is 3. The quantitative estimate of drug-likeness (QED) is 0.889. The Morgan fingerprint density at radius 3 is 2.83 bits per heavy atom. The number of thiophene rings is 1. The maximum Gasteiger partial charge on any atom is 0.126 e. The van der Waals surface area contributed by atoms with Crippen LogP contribution in [-0.4, -0.2) is 9.97 Å². The Bertz CT molecular complexity index is 535. The van der Waals surface area contributed by atoms with Gasteiger partial charge >= 0.3 is 0 Å². The summed E-state index contributed by atoms with van der Waals surface area (Å²) in [6.45, 7) is 2.18. The van der Waals surface area contributed by atoms with Gasteiger partial charge in [-0.05, 0) is 31.4 Å². The third-order valence-electron chi connectivity index (χ3n) is 3.82. The largest absolute Gasteiger partial charge is 0.340 e. The summed E-state index contributed by atoms with van der Waals surface area (Å²) in [5.74, 6) is 0.960. The summed E-state index contributed by atoms with van der Waals surface area (Å²) in [5, 5.41) is 0. The fourth-order valence-electron chi connectivity index (χ4n) is 2.65. The van der Waals surface area contributed by atoms with Gasteiger partial charge in [-0.1, -0.05) is 19.8 Å². The first-order valence-electron chi connectivity index (χ1n) is 6.65. The first kappa shape index (κ1) is 11.9. The summed E-state index contributed by atoms with van der Waals surface area (Å²) in [5.41, 5.74) is 7.30. The summed E-state index contributed by atoms with van der Waals surface area (Å²) in [6.07, 6.45) is 7.53. The summed E-state index contributed by atoms with van der Waals surface area (Å²) >= 11 is 1.83. The smallest absolute Gasteiger partial charge is 0.126 e. The Labute approximate surface area is 111 Å². The Morgan fingerprint density at radius 2 is 2.17 bits per heavy atom. The van der Waals surface area contributed by atoms with Crippen LogP contribution in [0.5, 0.6) is 0 Å². The molecule has 0 atom stereocenters. The Kier molecular flexibility index (Phi) is 2.99. The molecule has 0 aromatic carbocycles. The number of H-pyrrole nitrogens is 1. The van der Waals surface area contributed by atoms with Crippen molar-refractivity contribution < 1.29 is 0 Å². The molecule has 0 radical (unpaired) electrons. The lowest BCUT2D eigenvalue weighted by molar-refractivity contribution is 0.436. The lowest BCUT2D eigenvalue weighted by Gasteiger charge is -2.20. The lowest BCUT2D eigenvalue weighted by atomic mass is 9.99. The number of rotatable bonds is 3. The van der Waals surface area contributed by atoms with Gasteiger partial charge in [-0.25, -0.2) is 4.98 Å². The number of imidazole rings is 1. The van der Waals surface area contributed by atoms with Crippen molar-refractivity contribution in [3.05, 3.63) is 29.0 Å². The minimum absolute atomic E-state index is 0.219. The van der Waals surface area contributed by atoms with E-state index in [1.54, 1.807) is 0 Å². The van der Waals surface area contributed by atoms with Crippen molar-refractivity contribution in [1.82, 2.24) is 9.97 Å². The molecule has 0 bridgehead atoms. The highest BCUT2D eigenvalue weighted by Crippen LogP contribution is 2.36. The molecule has 1 aliphatic rings. The lowest BCUT2D eigenvalue weighted by Crippen LogP contribution is -2.34. The summed E-state index contributed by atoms with van der Waals surface area (Å²) in [4.78, 5) is 10.6. The molecule has 0 saturated heterocycles. The fourth-order valence-corrected chi connectivity index (χ4v) is 3.57. The van der Waals surface area contributed by atoms with Crippen molar-refractivity contribution in [2.24, 2.45) is 5.73 Å². The topological polar surface area (TPSA) is 54.7 Å². The molecule has 4 heteroatoms. The van der Waals surface area contributed by atoms with Crippen LogP contribution < -0.4 is 5.73 Å². The summed E-state index contributed by atoms with van der Waals surface area (Å²) < 4.78 is 0. The monoisotopic (exact) mass is 261 g/mol. The molecule has 0 spiro atoms. The zero-order valence-electron chi connectivity index (χ0n) is 10.7. The summed E-state index contributed by atoms with van der Waals surface area (Å²) in [6, 6.07) is 4.35. The van der Waals surface area contributed by atoms with E-state index >= 15 is 0 Å². The maximum atomic E-state index is 6.41. The second-order valence-electron chi connectivity index (χ2n) is 5.13. The van der Waals surface area contributed by atoms with E-state index in [2.05, 4.69) is 29.0 Å². The normalized spacial score (nSPS) is 18.3. The van der Waals surface area contributed by atoms with Gasteiger partial charge in [0.1, 0.15) is 5.82 Å². The van der Waals surface area contributed by atoms with Crippen LogP contribution in [0.1, 0.15) is 43.3 Å². The molecule has 2 aromatic heterocycles. The summed E-state index contributed by atoms with van der Waals surface area (Å²) in [7, 11) is 0. The van der Waals surface area contributed by atoms with Crippen LogP contribution in [-0.2, 0) is 12.0 Å². The molecule has 96 valence electrons. The first-order valence-corrected chi connectivity index (χ1v) is 7.46. The van der Waals surface area contributed by atoms with Crippen LogP contribution in [0.3, 0.4) is 0 Å². The van der Waals surface area contributed by atoms with Crippen LogP contribution in [0.4, 0.5) is 0 Å². The molecule has 2 heterocycles.